The second-order valence-electron chi connectivity index (χ2n) is 4.49. The highest BCUT2D eigenvalue weighted by Gasteiger charge is 2.19. The summed E-state index contributed by atoms with van der Waals surface area (Å²) in [4.78, 5) is 10.8. The Bertz CT molecular complexity index is 439. The van der Waals surface area contributed by atoms with E-state index in [-0.39, 0.29) is 5.56 Å². The summed E-state index contributed by atoms with van der Waals surface area (Å²) in [6.45, 7) is 2.14. The molecule has 0 amide bonds. The van der Waals surface area contributed by atoms with Gasteiger partial charge >= 0.3 is 5.97 Å². The lowest BCUT2D eigenvalue weighted by molar-refractivity contribution is 0.0695. The van der Waals surface area contributed by atoms with E-state index in [0.717, 1.165) is 18.9 Å². The zero-order chi connectivity index (χ0) is 12.4. The summed E-state index contributed by atoms with van der Waals surface area (Å²) in [5, 5.41) is 8.84. The van der Waals surface area contributed by atoms with Crippen molar-refractivity contribution in [3.8, 4) is 5.75 Å². The Balaban J connectivity index is 2.15. The number of hydrogen-bond donors (Lipinski definition) is 1. The van der Waals surface area contributed by atoms with Crippen LogP contribution in [-0.2, 0) is 0 Å². The molecule has 0 aliphatic heterocycles. The van der Waals surface area contributed by atoms with Gasteiger partial charge in [-0.2, -0.15) is 0 Å². The predicted octanol–water partition coefficient (Wildman–Crippen LogP) is 3.01. The Morgan fingerprint density at radius 1 is 1.53 bits per heavy atom. The molecule has 0 bridgehead atoms. The summed E-state index contributed by atoms with van der Waals surface area (Å²) in [6.07, 6.45) is 3.50. The molecule has 3 nitrogen and oxygen atoms in total. The number of rotatable bonds is 4. The second-order valence-corrected chi connectivity index (χ2v) is 4.49. The van der Waals surface area contributed by atoms with E-state index < -0.39 is 11.8 Å². The van der Waals surface area contributed by atoms with Crippen LogP contribution in [-0.4, -0.2) is 17.7 Å². The highest BCUT2D eigenvalue weighted by atomic mass is 19.1. The minimum Gasteiger partial charge on any atom is -0.493 e. The Morgan fingerprint density at radius 2 is 2.24 bits per heavy atom. The van der Waals surface area contributed by atoms with Gasteiger partial charge in [-0.1, -0.05) is 6.42 Å². The number of carboxylic acid groups (broad SMARTS) is 1. The van der Waals surface area contributed by atoms with E-state index in [1.165, 1.54) is 12.5 Å². The third-order valence-corrected chi connectivity index (χ3v) is 3.24. The third-order valence-electron chi connectivity index (χ3n) is 3.24. The monoisotopic (exact) mass is 238 g/mol. The average Bonchev–Trinajstić information content (AvgIpc) is 2.21. The van der Waals surface area contributed by atoms with Crippen LogP contribution in [0.4, 0.5) is 4.39 Å². The number of benzene rings is 1. The van der Waals surface area contributed by atoms with Crippen molar-refractivity contribution in [3.63, 3.8) is 0 Å². The Hall–Kier alpha value is -1.58. The van der Waals surface area contributed by atoms with E-state index in [2.05, 4.69) is 0 Å². The lowest BCUT2D eigenvalue weighted by atomic mass is 9.86. The Kier molecular flexibility index (Phi) is 3.31. The number of hydrogen-bond acceptors (Lipinski definition) is 2. The molecule has 92 valence electrons. The van der Waals surface area contributed by atoms with Gasteiger partial charge in [-0.15, -0.1) is 0 Å². The molecule has 0 atom stereocenters. The number of ether oxygens (including phenoxy) is 1. The van der Waals surface area contributed by atoms with Gasteiger partial charge in [0.1, 0.15) is 11.6 Å². The summed E-state index contributed by atoms with van der Waals surface area (Å²) in [5.74, 6) is -0.800. The van der Waals surface area contributed by atoms with Crippen LogP contribution in [0.25, 0.3) is 0 Å². The molecule has 0 spiro atoms. The fourth-order valence-corrected chi connectivity index (χ4v) is 1.79. The van der Waals surface area contributed by atoms with E-state index >= 15 is 0 Å². The van der Waals surface area contributed by atoms with Gasteiger partial charge in [0.05, 0.1) is 12.2 Å². The zero-order valence-electron chi connectivity index (χ0n) is 9.70. The fraction of sp³-hybridized carbons (Fsp3) is 0.462. The molecule has 1 aromatic rings. The van der Waals surface area contributed by atoms with Gasteiger partial charge in [-0.05, 0) is 37.8 Å². The standard InChI is InChI=1S/C13H15FO3/c1-8-11(14)5-10(13(15)16)6-12(8)17-7-9-3-2-4-9/h5-6,9H,2-4,7H2,1H3,(H,15,16). The van der Waals surface area contributed by atoms with Crippen molar-refractivity contribution >= 4 is 5.97 Å². The van der Waals surface area contributed by atoms with E-state index in [4.69, 9.17) is 9.84 Å². The molecule has 1 aromatic carbocycles. The summed E-state index contributed by atoms with van der Waals surface area (Å²) in [5.41, 5.74) is 0.297. The van der Waals surface area contributed by atoms with Crippen molar-refractivity contribution < 1.29 is 19.0 Å². The molecule has 4 heteroatoms. The van der Waals surface area contributed by atoms with Crippen molar-refractivity contribution in [3.05, 3.63) is 29.1 Å². The molecule has 0 saturated heterocycles. The van der Waals surface area contributed by atoms with Crippen molar-refractivity contribution in [2.75, 3.05) is 6.61 Å². The molecule has 1 aliphatic carbocycles. The molecule has 17 heavy (non-hydrogen) atoms. The first kappa shape index (κ1) is 11.9. The lowest BCUT2D eigenvalue weighted by Crippen LogP contribution is -2.19. The van der Waals surface area contributed by atoms with E-state index in [9.17, 15) is 9.18 Å². The Morgan fingerprint density at radius 3 is 2.76 bits per heavy atom. The Labute approximate surface area is 99.2 Å². The number of carbonyl (C=O) groups is 1. The van der Waals surface area contributed by atoms with Crippen LogP contribution in [0.1, 0.15) is 35.2 Å². The number of halogens is 1. The molecule has 1 fully saturated rings. The van der Waals surface area contributed by atoms with E-state index in [1.54, 1.807) is 6.92 Å². The smallest absolute Gasteiger partial charge is 0.335 e. The molecule has 0 unspecified atom stereocenters. The molecule has 0 aromatic heterocycles. The van der Waals surface area contributed by atoms with Crippen LogP contribution >= 0.6 is 0 Å². The molecule has 1 N–H and O–H groups in total. The number of carboxylic acids is 1. The quantitative estimate of drug-likeness (QED) is 0.877. The first-order valence-electron chi connectivity index (χ1n) is 5.74. The fourth-order valence-electron chi connectivity index (χ4n) is 1.79. The molecular weight excluding hydrogens is 223 g/mol. The normalized spacial score (nSPS) is 15.4. The largest absolute Gasteiger partial charge is 0.493 e. The van der Waals surface area contributed by atoms with Crippen molar-refractivity contribution in [1.82, 2.24) is 0 Å². The maximum atomic E-state index is 13.5. The minimum atomic E-state index is -1.14. The molecular formula is C13H15FO3. The van der Waals surface area contributed by atoms with Crippen LogP contribution in [0.2, 0.25) is 0 Å². The number of aromatic carboxylic acids is 1. The summed E-state index contributed by atoms with van der Waals surface area (Å²) in [7, 11) is 0. The van der Waals surface area contributed by atoms with Gasteiger partial charge in [0.15, 0.2) is 0 Å². The van der Waals surface area contributed by atoms with Gasteiger partial charge in [-0.25, -0.2) is 9.18 Å². The molecule has 2 rings (SSSR count). The molecule has 0 radical (unpaired) electrons. The summed E-state index contributed by atoms with van der Waals surface area (Å²) < 4.78 is 19.0. The maximum absolute atomic E-state index is 13.5. The van der Waals surface area contributed by atoms with Gasteiger partial charge in [0.2, 0.25) is 0 Å². The highest BCUT2D eigenvalue weighted by Crippen LogP contribution is 2.29. The van der Waals surface area contributed by atoms with Crippen molar-refractivity contribution in [2.45, 2.75) is 26.2 Å². The van der Waals surface area contributed by atoms with E-state index in [0.29, 0.717) is 23.8 Å². The van der Waals surface area contributed by atoms with Crippen LogP contribution in [0.3, 0.4) is 0 Å². The molecule has 1 saturated carbocycles. The molecule has 0 heterocycles. The van der Waals surface area contributed by atoms with Crippen molar-refractivity contribution in [2.24, 2.45) is 5.92 Å². The first-order chi connectivity index (χ1) is 8.08. The first-order valence-corrected chi connectivity index (χ1v) is 5.74. The van der Waals surface area contributed by atoms with Crippen LogP contribution in [0.5, 0.6) is 5.75 Å². The summed E-state index contributed by atoms with van der Waals surface area (Å²) in [6, 6.07) is 2.41. The highest BCUT2D eigenvalue weighted by molar-refractivity contribution is 5.88. The van der Waals surface area contributed by atoms with Gasteiger partial charge in [0, 0.05) is 5.56 Å². The van der Waals surface area contributed by atoms with Crippen LogP contribution < -0.4 is 4.74 Å². The van der Waals surface area contributed by atoms with Crippen LogP contribution in [0, 0.1) is 18.7 Å². The predicted molar refractivity (Wildman–Crippen MR) is 60.9 cm³/mol. The summed E-state index contributed by atoms with van der Waals surface area (Å²) >= 11 is 0. The minimum absolute atomic E-state index is 0.0725. The van der Waals surface area contributed by atoms with Gasteiger partial charge in [0.25, 0.3) is 0 Å². The van der Waals surface area contributed by atoms with Gasteiger partial charge < -0.3 is 9.84 Å². The third kappa shape index (κ3) is 2.57. The lowest BCUT2D eigenvalue weighted by Gasteiger charge is -2.25. The zero-order valence-corrected chi connectivity index (χ0v) is 9.70. The van der Waals surface area contributed by atoms with Crippen LogP contribution in [0.15, 0.2) is 12.1 Å². The van der Waals surface area contributed by atoms with E-state index in [1.807, 2.05) is 0 Å². The average molecular weight is 238 g/mol. The maximum Gasteiger partial charge on any atom is 0.335 e. The van der Waals surface area contributed by atoms with Gasteiger partial charge in [-0.3, -0.25) is 0 Å². The van der Waals surface area contributed by atoms with Crippen molar-refractivity contribution in [1.29, 1.82) is 0 Å². The SMILES string of the molecule is Cc1c(F)cc(C(=O)O)cc1OCC1CCC1. The molecule has 1 aliphatic rings. The topological polar surface area (TPSA) is 46.5 Å². The second kappa shape index (κ2) is 4.73.